The predicted molar refractivity (Wildman–Crippen MR) is 83.1 cm³/mol. The average molecular weight is 299 g/mol. The summed E-state index contributed by atoms with van der Waals surface area (Å²) in [4.78, 5) is 8.56. The predicted octanol–water partition coefficient (Wildman–Crippen LogP) is 2.50. The van der Waals surface area contributed by atoms with E-state index in [1.807, 2.05) is 32.0 Å². The minimum absolute atomic E-state index is 0.541. The van der Waals surface area contributed by atoms with E-state index in [1.165, 1.54) is 6.33 Å². The Kier molecular flexibility index (Phi) is 3.54. The molecule has 0 saturated carbocycles. The van der Waals surface area contributed by atoms with E-state index in [4.69, 9.17) is 9.47 Å². The van der Waals surface area contributed by atoms with E-state index >= 15 is 0 Å². The molecule has 0 aliphatic rings. The van der Waals surface area contributed by atoms with E-state index < -0.39 is 0 Å². The maximum absolute atomic E-state index is 5.42. The number of nitrogens with one attached hydrogen (secondary N) is 1. The van der Waals surface area contributed by atoms with Crippen LogP contribution in [0.5, 0.6) is 11.5 Å². The SMILES string of the molecule is COc1cccc(OC)c1Nc1c(C)c(C)nc2ncnn12. The smallest absolute Gasteiger partial charge is 0.254 e. The van der Waals surface area contributed by atoms with Gasteiger partial charge >= 0.3 is 0 Å². The number of anilines is 2. The van der Waals surface area contributed by atoms with Gasteiger partial charge in [-0.25, -0.2) is 4.98 Å². The van der Waals surface area contributed by atoms with Crippen LogP contribution in [-0.2, 0) is 0 Å². The number of para-hydroxylation sites is 1. The average Bonchev–Trinajstić information content (AvgIpc) is 2.99. The summed E-state index contributed by atoms with van der Waals surface area (Å²) < 4.78 is 12.5. The van der Waals surface area contributed by atoms with Crippen molar-refractivity contribution in [2.24, 2.45) is 0 Å². The third kappa shape index (κ3) is 2.20. The van der Waals surface area contributed by atoms with Crippen LogP contribution >= 0.6 is 0 Å². The third-order valence-corrected chi connectivity index (χ3v) is 3.58. The van der Waals surface area contributed by atoms with Gasteiger partial charge in [-0.3, -0.25) is 0 Å². The molecule has 0 aliphatic heterocycles. The van der Waals surface area contributed by atoms with Gasteiger partial charge in [0.1, 0.15) is 29.3 Å². The molecular weight excluding hydrogens is 282 g/mol. The zero-order valence-corrected chi connectivity index (χ0v) is 12.9. The highest BCUT2D eigenvalue weighted by molar-refractivity contribution is 5.73. The largest absolute Gasteiger partial charge is 0.494 e. The molecule has 1 aromatic carbocycles. The first-order valence-electron chi connectivity index (χ1n) is 6.80. The van der Waals surface area contributed by atoms with Crippen molar-refractivity contribution < 1.29 is 9.47 Å². The van der Waals surface area contributed by atoms with Gasteiger partial charge in [0.05, 0.1) is 14.2 Å². The summed E-state index contributed by atoms with van der Waals surface area (Å²) in [6.07, 6.45) is 1.48. The first-order valence-corrected chi connectivity index (χ1v) is 6.80. The fraction of sp³-hybridized carbons (Fsp3) is 0.267. The van der Waals surface area contributed by atoms with Crippen LogP contribution in [0.4, 0.5) is 11.5 Å². The van der Waals surface area contributed by atoms with Gasteiger partial charge in [0.25, 0.3) is 5.78 Å². The highest BCUT2D eigenvalue weighted by Crippen LogP contribution is 2.37. The molecule has 2 heterocycles. The third-order valence-electron chi connectivity index (χ3n) is 3.58. The normalized spacial score (nSPS) is 10.7. The van der Waals surface area contributed by atoms with Gasteiger partial charge in [0.2, 0.25) is 0 Å². The molecule has 7 heteroatoms. The second-order valence-corrected chi connectivity index (χ2v) is 4.81. The van der Waals surface area contributed by atoms with Crippen LogP contribution in [0.15, 0.2) is 24.5 Å². The number of rotatable bonds is 4. The monoisotopic (exact) mass is 299 g/mol. The Hall–Kier alpha value is -2.83. The summed E-state index contributed by atoms with van der Waals surface area (Å²) in [5.41, 5.74) is 2.60. The van der Waals surface area contributed by atoms with Gasteiger partial charge in [-0.1, -0.05) is 6.07 Å². The molecule has 7 nitrogen and oxygen atoms in total. The van der Waals surface area contributed by atoms with Crippen LogP contribution in [0, 0.1) is 13.8 Å². The van der Waals surface area contributed by atoms with Gasteiger partial charge < -0.3 is 14.8 Å². The maximum Gasteiger partial charge on any atom is 0.254 e. The van der Waals surface area contributed by atoms with Gasteiger partial charge in [0, 0.05) is 11.3 Å². The van der Waals surface area contributed by atoms with Crippen molar-refractivity contribution in [2.75, 3.05) is 19.5 Å². The molecule has 3 aromatic rings. The van der Waals surface area contributed by atoms with Crippen LogP contribution < -0.4 is 14.8 Å². The zero-order chi connectivity index (χ0) is 15.7. The standard InChI is InChI=1S/C15H17N5O2/c1-9-10(2)18-15-16-8-17-20(15)14(9)19-13-11(21-3)6-5-7-12(13)22-4/h5-8,19H,1-4H3. The summed E-state index contributed by atoms with van der Waals surface area (Å²) in [6.45, 7) is 3.92. The van der Waals surface area contributed by atoms with Gasteiger partial charge in [-0.15, -0.1) is 0 Å². The summed E-state index contributed by atoms with van der Waals surface area (Å²) in [6, 6.07) is 5.61. The topological polar surface area (TPSA) is 73.6 Å². The van der Waals surface area contributed by atoms with E-state index in [9.17, 15) is 0 Å². The molecule has 0 unspecified atom stereocenters. The molecule has 0 saturated heterocycles. The minimum Gasteiger partial charge on any atom is -0.494 e. The number of nitrogens with zero attached hydrogens (tertiary/aromatic N) is 4. The minimum atomic E-state index is 0.541. The van der Waals surface area contributed by atoms with Crippen molar-refractivity contribution in [3.8, 4) is 11.5 Å². The molecule has 114 valence electrons. The number of hydrogen-bond acceptors (Lipinski definition) is 6. The van der Waals surface area contributed by atoms with Crippen LogP contribution in [0.25, 0.3) is 5.78 Å². The Labute approximate surface area is 127 Å². The van der Waals surface area contributed by atoms with E-state index in [0.29, 0.717) is 17.3 Å². The number of ether oxygens (including phenoxy) is 2. The second kappa shape index (κ2) is 5.51. The molecule has 0 bridgehead atoms. The van der Waals surface area contributed by atoms with Crippen molar-refractivity contribution in [1.82, 2.24) is 19.6 Å². The fourth-order valence-electron chi connectivity index (χ4n) is 2.27. The molecule has 3 rings (SSSR count). The first kappa shape index (κ1) is 14.1. The molecule has 0 fully saturated rings. The number of hydrogen-bond donors (Lipinski definition) is 1. The lowest BCUT2D eigenvalue weighted by molar-refractivity contribution is 0.398. The number of aromatic nitrogens is 4. The molecule has 0 radical (unpaired) electrons. The quantitative estimate of drug-likeness (QED) is 0.798. The Morgan fingerprint density at radius 2 is 1.77 bits per heavy atom. The van der Waals surface area contributed by atoms with Crippen LogP contribution in [0.3, 0.4) is 0 Å². The van der Waals surface area contributed by atoms with Crippen molar-refractivity contribution in [3.05, 3.63) is 35.8 Å². The molecule has 22 heavy (non-hydrogen) atoms. The summed E-state index contributed by atoms with van der Waals surface area (Å²) in [5, 5.41) is 7.58. The first-order chi connectivity index (χ1) is 10.7. The van der Waals surface area contributed by atoms with E-state index in [0.717, 1.165) is 22.8 Å². The number of benzene rings is 1. The molecule has 0 atom stereocenters. The van der Waals surface area contributed by atoms with E-state index in [2.05, 4.69) is 20.4 Å². The van der Waals surface area contributed by atoms with Crippen LogP contribution in [0.2, 0.25) is 0 Å². The Morgan fingerprint density at radius 3 is 2.41 bits per heavy atom. The number of methoxy groups -OCH3 is 2. The lowest BCUT2D eigenvalue weighted by Gasteiger charge is -2.17. The lowest BCUT2D eigenvalue weighted by Crippen LogP contribution is -2.08. The number of fused-ring (bicyclic) bond motifs is 1. The van der Waals surface area contributed by atoms with Crippen molar-refractivity contribution >= 4 is 17.3 Å². The molecule has 1 N–H and O–H groups in total. The zero-order valence-electron chi connectivity index (χ0n) is 12.9. The summed E-state index contributed by atoms with van der Waals surface area (Å²) >= 11 is 0. The van der Waals surface area contributed by atoms with Gasteiger partial charge in [-0.2, -0.15) is 14.6 Å². The Morgan fingerprint density at radius 1 is 1.09 bits per heavy atom. The lowest BCUT2D eigenvalue weighted by atomic mass is 10.2. The van der Waals surface area contributed by atoms with Gasteiger partial charge in [0.15, 0.2) is 0 Å². The van der Waals surface area contributed by atoms with Crippen LogP contribution in [-0.4, -0.2) is 33.8 Å². The molecule has 0 spiro atoms. The summed E-state index contributed by atoms with van der Waals surface area (Å²) in [7, 11) is 3.24. The molecule has 2 aromatic heterocycles. The van der Waals surface area contributed by atoms with Crippen molar-refractivity contribution in [2.45, 2.75) is 13.8 Å². The van der Waals surface area contributed by atoms with E-state index in [-0.39, 0.29) is 0 Å². The van der Waals surface area contributed by atoms with Crippen molar-refractivity contribution in [3.63, 3.8) is 0 Å². The highest BCUT2D eigenvalue weighted by atomic mass is 16.5. The molecular formula is C15H17N5O2. The summed E-state index contributed by atoms with van der Waals surface area (Å²) in [5.74, 6) is 2.69. The van der Waals surface area contributed by atoms with E-state index in [1.54, 1.807) is 18.7 Å². The number of aryl methyl sites for hydroxylation is 1. The highest BCUT2D eigenvalue weighted by Gasteiger charge is 2.16. The molecule has 0 amide bonds. The van der Waals surface area contributed by atoms with Crippen molar-refractivity contribution in [1.29, 1.82) is 0 Å². The molecule has 0 aliphatic carbocycles. The van der Waals surface area contributed by atoms with Gasteiger partial charge in [-0.05, 0) is 26.0 Å². The maximum atomic E-state index is 5.42. The fourth-order valence-corrected chi connectivity index (χ4v) is 2.27. The second-order valence-electron chi connectivity index (χ2n) is 4.81. The Balaban J connectivity index is 2.19. The Bertz CT molecular complexity index is 806. The van der Waals surface area contributed by atoms with Crippen LogP contribution in [0.1, 0.15) is 11.3 Å².